The molecule has 0 aliphatic heterocycles. The van der Waals surface area contributed by atoms with Gasteiger partial charge < -0.3 is 15.6 Å². The minimum Gasteiger partial charge on any atom is -0.496 e. The van der Waals surface area contributed by atoms with Crippen LogP contribution in [0.2, 0.25) is 0 Å². The average Bonchev–Trinajstić information content (AvgIpc) is 2.46. The molecule has 0 spiro atoms. The van der Waals surface area contributed by atoms with Crippen LogP contribution in [0, 0.1) is 0 Å². The molecule has 0 aliphatic rings. The molecule has 0 bridgehead atoms. The van der Waals surface area contributed by atoms with Crippen molar-refractivity contribution < 1.29 is 9.84 Å². The Morgan fingerprint density at radius 3 is 2.50 bits per heavy atom. The van der Waals surface area contributed by atoms with E-state index < -0.39 is 0 Å². The molecule has 0 heterocycles. The third kappa shape index (κ3) is 2.53. The van der Waals surface area contributed by atoms with Crippen LogP contribution in [0.3, 0.4) is 0 Å². The largest absolute Gasteiger partial charge is 0.496 e. The van der Waals surface area contributed by atoms with E-state index >= 15 is 0 Å². The van der Waals surface area contributed by atoms with E-state index in [-0.39, 0.29) is 12.6 Å². The molecule has 3 N–H and O–H groups in total. The van der Waals surface area contributed by atoms with Crippen LogP contribution < -0.4 is 10.5 Å². The van der Waals surface area contributed by atoms with Crippen LogP contribution in [-0.2, 0) is 0 Å². The first kappa shape index (κ1) is 12.6. The van der Waals surface area contributed by atoms with Gasteiger partial charge in [-0.2, -0.15) is 0 Å². The van der Waals surface area contributed by atoms with Gasteiger partial charge in [-0.05, 0) is 23.3 Å². The Balaban J connectivity index is 2.50. The van der Waals surface area contributed by atoms with Crippen molar-refractivity contribution in [3.8, 4) is 16.9 Å². The SMILES string of the molecule is COc1ccc(C(N)CO)cc1-c1ccccc1. The minimum absolute atomic E-state index is 0.0689. The highest BCUT2D eigenvalue weighted by Crippen LogP contribution is 2.31. The first-order valence-corrected chi connectivity index (χ1v) is 5.86. The number of hydrogen-bond donors (Lipinski definition) is 2. The lowest BCUT2D eigenvalue weighted by molar-refractivity contribution is 0.268. The normalized spacial score (nSPS) is 12.2. The summed E-state index contributed by atoms with van der Waals surface area (Å²) < 4.78 is 5.36. The third-order valence-electron chi connectivity index (χ3n) is 2.93. The van der Waals surface area contributed by atoms with Crippen molar-refractivity contribution in [3.05, 3.63) is 54.1 Å². The van der Waals surface area contributed by atoms with Gasteiger partial charge in [-0.25, -0.2) is 0 Å². The Kier molecular flexibility index (Phi) is 3.97. The van der Waals surface area contributed by atoms with E-state index in [9.17, 15) is 0 Å². The predicted octanol–water partition coefficient (Wildman–Crippen LogP) is 2.35. The number of methoxy groups -OCH3 is 1. The van der Waals surface area contributed by atoms with E-state index in [4.69, 9.17) is 15.6 Å². The Morgan fingerprint density at radius 2 is 1.89 bits per heavy atom. The number of aliphatic hydroxyl groups is 1. The summed E-state index contributed by atoms with van der Waals surface area (Å²) in [5.41, 5.74) is 8.80. The summed E-state index contributed by atoms with van der Waals surface area (Å²) in [7, 11) is 1.65. The lowest BCUT2D eigenvalue weighted by Gasteiger charge is -2.14. The third-order valence-corrected chi connectivity index (χ3v) is 2.93. The van der Waals surface area contributed by atoms with E-state index in [1.807, 2.05) is 48.5 Å². The Morgan fingerprint density at radius 1 is 1.17 bits per heavy atom. The number of nitrogens with two attached hydrogens (primary N) is 1. The first-order chi connectivity index (χ1) is 8.76. The molecule has 2 aromatic rings. The van der Waals surface area contributed by atoms with Gasteiger partial charge in [0.2, 0.25) is 0 Å². The van der Waals surface area contributed by atoms with Crippen molar-refractivity contribution in [2.75, 3.05) is 13.7 Å². The van der Waals surface area contributed by atoms with Crippen molar-refractivity contribution in [3.63, 3.8) is 0 Å². The molecule has 3 heteroatoms. The zero-order chi connectivity index (χ0) is 13.0. The molecule has 0 saturated heterocycles. The monoisotopic (exact) mass is 243 g/mol. The van der Waals surface area contributed by atoms with Gasteiger partial charge in [0.05, 0.1) is 19.8 Å². The van der Waals surface area contributed by atoms with Crippen LogP contribution in [0.25, 0.3) is 11.1 Å². The number of benzene rings is 2. The van der Waals surface area contributed by atoms with E-state index in [0.717, 1.165) is 22.4 Å². The molecule has 0 radical (unpaired) electrons. The van der Waals surface area contributed by atoms with Crippen LogP contribution in [0.15, 0.2) is 48.5 Å². The van der Waals surface area contributed by atoms with Crippen molar-refractivity contribution in [2.45, 2.75) is 6.04 Å². The molecule has 2 aromatic carbocycles. The summed E-state index contributed by atoms with van der Waals surface area (Å²) in [4.78, 5) is 0. The second kappa shape index (κ2) is 5.67. The number of hydrogen-bond acceptors (Lipinski definition) is 3. The first-order valence-electron chi connectivity index (χ1n) is 5.86. The summed E-state index contributed by atoms with van der Waals surface area (Å²) in [6, 6.07) is 15.3. The Bertz CT molecular complexity index is 511. The lowest BCUT2D eigenvalue weighted by Crippen LogP contribution is -2.14. The highest BCUT2D eigenvalue weighted by Gasteiger charge is 2.10. The average molecular weight is 243 g/mol. The molecule has 0 aliphatic carbocycles. The van der Waals surface area contributed by atoms with Gasteiger partial charge in [0.1, 0.15) is 5.75 Å². The van der Waals surface area contributed by atoms with Gasteiger partial charge in [0, 0.05) is 5.56 Å². The molecule has 3 nitrogen and oxygen atoms in total. The molecule has 0 saturated carbocycles. The number of ether oxygens (including phenoxy) is 1. The van der Waals surface area contributed by atoms with E-state index in [1.54, 1.807) is 7.11 Å². The molecule has 2 rings (SSSR count). The van der Waals surface area contributed by atoms with Gasteiger partial charge in [0.25, 0.3) is 0 Å². The second-order valence-electron chi connectivity index (χ2n) is 4.11. The predicted molar refractivity (Wildman–Crippen MR) is 72.4 cm³/mol. The van der Waals surface area contributed by atoms with Gasteiger partial charge >= 0.3 is 0 Å². The van der Waals surface area contributed by atoms with Crippen molar-refractivity contribution in [1.82, 2.24) is 0 Å². The zero-order valence-corrected chi connectivity index (χ0v) is 10.3. The van der Waals surface area contributed by atoms with Crippen molar-refractivity contribution in [2.24, 2.45) is 5.73 Å². The van der Waals surface area contributed by atoms with Gasteiger partial charge in [-0.3, -0.25) is 0 Å². The maximum Gasteiger partial charge on any atom is 0.126 e. The Hall–Kier alpha value is -1.84. The molecule has 94 valence electrons. The molecular weight excluding hydrogens is 226 g/mol. The van der Waals surface area contributed by atoms with Crippen molar-refractivity contribution >= 4 is 0 Å². The summed E-state index contributed by atoms with van der Waals surface area (Å²) in [6.45, 7) is -0.0689. The summed E-state index contributed by atoms with van der Waals surface area (Å²) in [5.74, 6) is 0.801. The van der Waals surface area contributed by atoms with Gasteiger partial charge in [-0.15, -0.1) is 0 Å². The molecule has 1 unspecified atom stereocenters. The Labute approximate surface area is 107 Å². The fourth-order valence-corrected chi connectivity index (χ4v) is 1.90. The topological polar surface area (TPSA) is 55.5 Å². The summed E-state index contributed by atoms with van der Waals surface area (Å²) >= 11 is 0. The fraction of sp³-hybridized carbons (Fsp3) is 0.200. The maximum absolute atomic E-state index is 9.12. The molecule has 18 heavy (non-hydrogen) atoms. The van der Waals surface area contributed by atoms with E-state index in [0.29, 0.717) is 0 Å². The maximum atomic E-state index is 9.12. The smallest absolute Gasteiger partial charge is 0.126 e. The van der Waals surface area contributed by atoms with E-state index in [1.165, 1.54) is 0 Å². The molecule has 0 fully saturated rings. The fourth-order valence-electron chi connectivity index (χ4n) is 1.90. The van der Waals surface area contributed by atoms with Gasteiger partial charge in [-0.1, -0.05) is 36.4 Å². The van der Waals surface area contributed by atoms with Crippen LogP contribution >= 0.6 is 0 Å². The highest BCUT2D eigenvalue weighted by atomic mass is 16.5. The summed E-state index contributed by atoms with van der Waals surface area (Å²) in [5, 5.41) is 9.12. The number of aliphatic hydroxyl groups excluding tert-OH is 1. The summed E-state index contributed by atoms with van der Waals surface area (Å²) in [6.07, 6.45) is 0. The number of rotatable bonds is 4. The molecule has 0 amide bonds. The molecule has 0 aromatic heterocycles. The van der Waals surface area contributed by atoms with Gasteiger partial charge in [0.15, 0.2) is 0 Å². The molecule has 1 atom stereocenters. The quantitative estimate of drug-likeness (QED) is 0.866. The van der Waals surface area contributed by atoms with Crippen LogP contribution in [0.1, 0.15) is 11.6 Å². The second-order valence-corrected chi connectivity index (χ2v) is 4.11. The highest BCUT2D eigenvalue weighted by molar-refractivity contribution is 5.71. The van der Waals surface area contributed by atoms with Crippen molar-refractivity contribution in [1.29, 1.82) is 0 Å². The van der Waals surface area contributed by atoms with Crippen LogP contribution in [0.4, 0.5) is 0 Å². The van der Waals surface area contributed by atoms with Crippen LogP contribution in [0.5, 0.6) is 5.75 Å². The standard InChI is InChI=1S/C15H17NO2/c1-18-15-8-7-12(14(16)10-17)9-13(15)11-5-3-2-4-6-11/h2-9,14,17H,10,16H2,1H3. The lowest BCUT2D eigenvalue weighted by atomic mass is 9.99. The zero-order valence-electron chi connectivity index (χ0n) is 10.3. The minimum atomic E-state index is -0.363. The van der Waals surface area contributed by atoms with Crippen LogP contribution in [-0.4, -0.2) is 18.8 Å². The molecular formula is C15H17NO2. The van der Waals surface area contributed by atoms with E-state index in [2.05, 4.69) is 0 Å².